The number of phenols is 1. The van der Waals surface area contributed by atoms with Crippen LogP contribution < -0.4 is 14.8 Å². The second-order valence-corrected chi connectivity index (χ2v) is 12.8. The van der Waals surface area contributed by atoms with Crippen LogP contribution in [0.25, 0.3) is 22.2 Å². The Morgan fingerprint density at radius 3 is 2.55 bits per heavy atom. The number of para-hydroxylation sites is 1. The van der Waals surface area contributed by atoms with Gasteiger partial charge in [-0.25, -0.2) is 4.98 Å². The summed E-state index contributed by atoms with van der Waals surface area (Å²) in [4.78, 5) is 38.4. The summed E-state index contributed by atoms with van der Waals surface area (Å²) in [7, 11) is 0. The van der Waals surface area contributed by atoms with Gasteiger partial charge in [0.2, 0.25) is 5.91 Å². The van der Waals surface area contributed by atoms with E-state index in [2.05, 4.69) is 10.3 Å². The molecule has 0 saturated carbocycles. The fourth-order valence-corrected chi connectivity index (χ4v) is 6.93. The average molecular weight is 677 g/mol. The van der Waals surface area contributed by atoms with E-state index in [1.54, 1.807) is 30.6 Å². The number of hydrogen-bond acceptors (Lipinski definition) is 7. The normalized spacial score (nSPS) is 16.1. The Morgan fingerprint density at radius 1 is 0.863 bits per heavy atom. The standard InChI is InChI=1S/C42H36N4O5/c47-38-14-6-27-7-15-40(48)44-19-3-23-50-31-10-8-29(9-11-31)41-33-13-12-32(51-39(38)24-27)25-30(33)18-22-46(41)42(49)35-26-37(28-16-20-43-21-17-28)45-36-5-2-1-4-34(35)36/h1-2,4-6,8-14,16-17,20-21,24-26,41,47H,3,7,15,18-19,22-23H2,(H,44,48). The maximum atomic E-state index is 14.9. The highest BCUT2D eigenvalue weighted by Gasteiger charge is 2.34. The van der Waals surface area contributed by atoms with E-state index in [4.69, 9.17) is 14.5 Å². The molecule has 8 bridgehead atoms. The summed E-state index contributed by atoms with van der Waals surface area (Å²) in [5.74, 6) is 1.51. The molecule has 254 valence electrons. The minimum absolute atomic E-state index is 0.0183. The van der Waals surface area contributed by atoms with Gasteiger partial charge in [-0.3, -0.25) is 14.6 Å². The first-order chi connectivity index (χ1) is 25.0. The fraction of sp³-hybridized carbons (Fsp3) is 0.190. The third-order valence-electron chi connectivity index (χ3n) is 9.53. The van der Waals surface area contributed by atoms with Gasteiger partial charge in [-0.15, -0.1) is 0 Å². The number of hydrogen-bond donors (Lipinski definition) is 2. The van der Waals surface area contributed by atoms with Gasteiger partial charge in [-0.1, -0.05) is 42.5 Å². The molecule has 2 amide bonds. The van der Waals surface area contributed by atoms with Gasteiger partial charge in [0.25, 0.3) is 5.91 Å². The molecule has 9 nitrogen and oxygen atoms in total. The van der Waals surface area contributed by atoms with Crippen LogP contribution in [0.4, 0.5) is 0 Å². The molecule has 4 aliphatic rings. The number of aromatic nitrogens is 2. The lowest BCUT2D eigenvalue weighted by atomic mass is 9.87. The Bertz CT molecular complexity index is 2240. The van der Waals surface area contributed by atoms with Gasteiger partial charge in [-0.05, 0) is 102 Å². The second-order valence-electron chi connectivity index (χ2n) is 12.8. The third kappa shape index (κ3) is 6.70. The summed E-state index contributed by atoms with van der Waals surface area (Å²) in [6.07, 6.45) is 5.55. The van der Waals surface area contributed by atoms with Crippen LogP contribution in [0.2, 0.25) is 0 Å². The molecule has 9 heteroatoms. The van der Waals surface area contributed by atoms with E-state index in [0.717, 1.165) is 44.5 Å². The number of fused-ring (bicyclic) bond motifs is 2. The zero-order valence-electron chi connectivity index (χ0n) is 27.9. The van der Waals surface area contributed by atoms with Crippen molar-refractivity contribution in [3.63, 3.8) is 0 Å². The van der Waals surface area contributed by atoms with Crippen LogP contribution in [0.1, 0.15) is 51.5 Å². The number of nitrogens with one attached hydrogen (secondary N) is 1. The summed E-state index contributed by atoms with van der Waals surface area (Å²) in [5.41, 5.74) is 6.80. The van der Waals surface area contributed by atoms with Crippen molar-refractivity contribution < 1.29 is 24.2 Å². The number of carbonyl (C=O) groups is 2. The maximum absolute atomic E-state index is 14.9. The fourth-order valence-electron chi connectivity index (χ4n) is 6.93. The van der Waals surface area contributed by atoms with Crippen molar-refractivity contribution >= 4 is 22.7 Å². The minimum atomic E-state index is -0.387. The predicted octanol–water partition coefficient (Wildman–Crippen LogP) is 7.41. The van der Waals surface area contributed by atoms with Gasteiger partial charge in [0.05, 0.1) is 29.4 Å². The van der Waals surface area contributed by atoms with Crippen molar-refractivity contribution in [2.75, 3.05) is 19.7 Å². The van der Waals surface area contributed by atoms with Crippen molar-refractivity contribution in [3.8, 4) is 34.3 Å². The highest BCUT2D eigenvalue weighted by Crippen LogP contribution is 2.41. The molecular formula is C42H36N4O5. The number of aromatic hydroxyl groups is 1. The molecule has 6 heterocycles. The number of nitrogens with zero attached hydrogens (tertiary/aromatic N) is 3. The highest BCUT2D eigenvalue weighted by molar-refractivity contribution is 6.07. The molecule has 0 saturated heterocycles. The van der Waals surface area contributed by atoms with Crippen LogP contribution in [0, 0.1) is 0 Å². The number of phenolic OH excluding ortho intramolecular Hbond substituents is 1. The van der Waals surface area contributed by atoms with Gasteiger partial charge >= 0.3 is 0 Å². The van der Waals surface area contributed by atoms with E-state index in [1.165, 1.54) is 0 Å². The molecule has 51 heavy (non-hydrogen) atoms. The van der Waals surface area contributed by atoms with Crippen LogP contribution >= 0.6 is 0 Å². The molecule has 0 radical (unpaired) electrons. The van der Waals surface area contributed by atoms with Crippen molar-refractivity contribution in [2.45, 2.75) is 31.7 Å². The number of carbonyl (C=O) groups excluding carboxylic acids is 2. The van der Waals surface area contributed by atoms with Crippen LogP contribution in [0.3, 0.4) is 0 Å². The molecule has 2 aromatic heterocycles. The average Bonchev–Trinajstić information content (AvgIpc) is 3.17. The van der Waals surface area contributed by atoms with Gasteiger partial charge < -0.3 is 24.8 Å². The lowest BCUT2D eigenvalue weighted by Crippen LogP contribution is -2.40. The van der Waals surface area contributed by atoms with Crippen LogP contribution in [-0.4, -0.2) is 51.5 Å². The van der Waals surface area contributed by atoms with Crippen LogP contribution in [0.5, 0.6) is 23.0 Å². The van der Waals surface area contributed by atoms with Gasteiger partial charge in [0.15, 0.2) is 11.5 Å². The summed E-state index contributed by atoms with van der Waals surface area (Å²) < 4.78 is 12.3. The monoisotopic (exact) mass is 676 g/mol. The van der Waals surface area contributed by atoms with E-state index in [1.807, 2.05) is 89.8 Å². The minimum Gasteiger partial charge on any atom is -0.504 e. The molecular weight excluding hydrogens is 640 g/mol. The topological polar surface area (TPSA) is 114 Å². The molecule has 1 unspecified atom stereocenters. The van der Waals surface area contributed by atoms with Crippen molar-refractivity contribution in [3.05, 3.63) is 143 Å². The van der Waals surface area contributed by atoms with Gasteiger partial charge in [0, 0.05) is 42.9 Å². The summed E-state index contributed by atoms with van der Waals surface area (Å²) in [6.45, 7) is 1.43. The molecule has 6 aromatic rings. The lowest BCUT2D eigenvalue weighted by Gasteiger charge is -2.38. The van der Waals surface area contributed by atoms with Crippen molar-refractivity contribution in [1.29, 1.82) is 0 Å². The molecule has 4 aliphatic heterocycles. The first-order valence-electron chi connectivity index (χ1n) is 17.2. The summed E-state index contributed by atoms with van der Waals surface area (Å²) >= 11 is 0. The molecule has 4 aromatic carbocycles. The number of aryl methyl sites for hydroxylation is 1. The van der Waals surface area contributed by atoms with Gasteiger partial charge in [0.1, 0.15) is 11.5 Å². The van der Waals surface area contributed by atoms with Crippen molar-refractivity contribution in [2.24, 2.45) is 0 Å². The Hall–Kier alpha value is -6.22. The molecule has 10 rings (SSSR count). The Balaban J connectivity index is 1.20. The predicted molar refractivity (Wildman–Crippen MR) is 194 cm³/mol. The number of benzene rings is 4. The van der Waals surface area contributed by atoms with Crippen LogP contribution in [-0.2, 0) is 17.6 Å². The summed E-state index contributed by atoms with van der Waals surface area (Å²) in [6, 6.07) is 32.0. The zero-order chi connectivity index (χ0) is 34.7. The molecule has 2 N–H and O–H groups in total. The first kappa shape index (κ1) is 32.0. The summed E-state index contributed by atoms with van der Waals surface area (Å²) in [5, 5.41) is 14.4. The highest BCUT2D eigenvalue weighted by atomic mass is 16.5. The van der Waals surface area contributed by atoms with Crippen molar-refractivity contribution in [1.82, 2.24) is 20.2 Å². The number of pyridine rings is 2. The zero-order valence-corrected chi connectivity index (χ0v) is 27.9. The lowest BCUT2D eigenvalue weighted by molar-refractivity contribution is -0.121. The van der Waals surface area contributed by atoms with Gasteiger partial charge in [-0.2, -0.15) is 0 Å². The van der Waals surface area contributed by atoms with E-state index < -0.39 is 0 Å². The maximum Gasteiger partial charge on any atom is 0.255 e. The molecule has 0 spiro atoms. The second kappa shape index (κ2) is 14.0. The largest absolute Gasteiger partial charge is 0.504 e. The smallest absolute Gasteiger partial charge is 0.255 e. The number of ether oxygens (including phenoxy) is 2. The quantitative estimate of drug-likeness (QED) is 0.196. The Labute approximate surface area is 295 Å². The van der Waals surface area contributed by atoms with E-state index in [0.29, 0.717) is 68.1 Å². The van der Waals surface area contributed by atoms with E-state index >= 15 is 0 Å². The van der Waals surface area contributed by atoms with E-state index in [9.17, 15) is 14.7 Å². The van der Waals surface area contributed by atoms with E-state index in [-0.39, 0.29) is 23.6 Å². The number of amides is 2. The number of rotatable bonds is 2. The Kier molecular flexibility index (Phi) is 8.76. The Morgan fingerprint density at radius 2 is 1.69 bits per heavy atom. The SMILES string of the molecule is O=C1CCc2ccc(O)c(c2)Oc2ccc3c(c2)CCN(C(=O)c2cc(-c4ccncc4)nc4ccccc24)C3c2ccc(cc2)OCCCN1. The first-order valence-corrected chi connectivity index (χ1v) is 17.2. The molecule has 0 aliphatic carbocycles. The molecule has 1 atom stereocenters. The molecule has 0 fully saturated rings. The third-order valence-corrected chi connectivity index (χ3v) is 9.53. The van der Waals surface area contributed by atoms with Crippen LogP contribution in [0.15, 0.2) is 116 Å².